The summed E-state index contributed by atoms with van der Waals surface area (Å²) in [6.45, 7) is 6.39. The largest absolute Gasteiger partial charge is 0.389 e. The number of thioether (sulfide) groups is 1. The van der Waals surface area contributed by atoms with Gasteiger partial charge in [-0.1, -0.05) is 17.7 Å². The van der Waals surface area contributed by atoms with E-state index in [-0.39, 0.29) is 0 Å². The van der Waals surface area contributed by atoms with Crippen molar-refractivity contribution in [2.75, 3.05) is 12.3 Å². The highest BCUT2D eigenvalue weighted by Gasteiger charge is 2.16. The smallest absolute Gasteiger partial charge is 0.0741 e. The van der Waals surface area contributed by atoms with Gasteiger partial charge in [0.1, 0.15) is 0 Å². The molecule has 1 aromatic carbocycles. The molecule has 0 aliphatic carbocycles. The first-order chi connectivity index (χ1) is 7.94. The maximum absolute atomic E-state index is 9.78. The van der Waals surface area contributed by atoms with Crippen LogP contribution in [0, 0.1) is 13.8 Å². The Morgan fingerprint density at radius 3 is 2.65 bits per heavy atom. The minimum Gasteiger partial charge on any atom is -0.389 e. The minimum absolute atomic E-state index is 0.335. The molecule has 0 heterocycles. The van der Waals surface area contributed by atoms with E-state index in [1.807, 2.05) is 11.8 Å². The van der Waals surface area contributed by atoms with Crippen LogP contribution >= 0.6 is 11.8 Å². The number of benzene rings is 1. The Morgan fingerprint density at radius 2 is 2.06 bits per heavy atom. The molecule has 1 unspecified atom stereocenters. The van der Waals surface area contributed by atoms with Gasteiger partial charge in [-0.15, -0.1) is 11.8 Å². The van der Waals surface area contributed by atoms with Crippen LogP contribution in [0.3, 0.4) is 0 Å². The summed E-state index contributed by atoms with van der Waals surface area (Å²) in [4.78, 5) is 1.34. The molecule has 0 bridgehead atoms. The summed E-state index contributed by atoms with van der Waals surface area (Å²) in [5.74, 6) is 1.03. The number of rotatable bonds is 6. The quantitative estimate of drug-likeness (QED) is 0.605. The molecule has 0 saturated heterocycles. The van der Waals surface area contributed by atoms with Crippen molar-refractivity contribution in [2.45, 2.75) is 44.1 Å². The fourth-order valence-electron chi connectivity index (χ4n) is 1.70. The zero-order chi connectivity index (χ0) is 12.9. The van der Waals surface area contributed by atoms with Crippen LogP contribution in [0.2, 0.25) is 0 Å². The Morgan fingerprint density at radius 1 is 1.35 bits per heavy atom. The molecule has 1 rings (SSSR count). The Balaban J connectivity index is 2.36. The summed E-state index contributed by atoms with van der Waals surface area (Å²) in [5, 5.41) is 9.78. The van der Waals surface area contributed by atoms with Gasteiger partial charge in [0.2, 0.25) is 0 Å². The summed E-state index contributed by atoms with van der Waals surface area (Å²) in [5.41, 5.74) is 7.42. The van der Waals surface area contributed by atoms with Crippen LogP contribution in [-0.2, 0) is 0 Å². The lowest BCUT2D eigenvalue weighted by Gasteiger charge is -2.20. The number of hydrogen-bond donors (Lipinski definition) is 2. The summed E-state index contributed by atoms with van der Waals surface area (Å²) < 4.78 is 0. The molecule has 0 amide bonds. The average Bonchev–Trinajstić information content (AvgIpc) is 2.27. The fourth-order valence-corrected chi connectivity index (χ4v) is 2.66. The monoisotopic (exact) mass is 253 g/mol. The molecule has 17 heavy (non-hydrogen) atoms. The van der Waals surface area contributed by atoms with E-state index >= 15 is 0 Å². The molecule has 0 saturated carbocycles. The van der Waals surface area contributed by atoms with Gasteiger partial charge in [0.05, 0.1) is 5.60 Å². The van der Waals surface area contributed by atoms with Crippen LogP contribution < -0.4 is 5.73 Å². The molecule has 0 fully saturated rings. The van der Waals surface area contributed by atoms with Crippen molar-refractivity contribution in [1.82, 2.24) is 0 Å². The molecular formula is C14H23NOS. The number of hydrogen-bond acceptors (Lipinski definition) is 3. The maximum atomic E-state index is 9.78. The van der Waals surface area contributed by atoms with Crippen LogP contribution in [0.5, 0.6) is 0 Å². The van der Waals surface area contributed by atoms with Crippen LogP contribution in [0.15, 0.2) is 23.1 Å². The van der Waals surface area contributed by atoms with Crippen molar-refractivity contribution in [3.63, 3.8) is 0 Å². The molecule has 0 spiro atoms. The van der Waals surface area contributed by atoms with Gasteiger partial charge in [0, 0.05) is 11.4 Å². The van der Waals surface area contributed by atoms with Gasteiger partial charge < -0.3 is 10.8 Å². The van der Waals surface area contributed by atoms with Crippen molar-refractivity contribution < 1.29 is 5.11 Å². The van der Waals surface area contributed by atoms with E-state index in [1.165, 1.54) is 16.0 Å². The molecule has 0 aliphatic heterocycles. The molecule has 0 radical (unpaired) electrons. The van der Waals surface area contributed by atoms with E-state index in [4.69, 9.17) is 5.73 Å². The predicted molar refractivity (Wildman–Crippen MR) is 75.6 cm³/mol. The average molecular weight is 253 g/mol. The normalized spacial score (nSPS) is 14.6. The molecule has 1 atom stereocenters. The van der Waals surface area contributed by atoms with Crippen molar-refractivity contribution >= 4 is 11.8 Å². The predicted octanol–water partition coefficient (Wildman–Crippen LogP) is 2.89. The zero-order valence-electron chi connectivity index (χ0n) is 11.0. The van der Waals surface area contributed by atoms with Crippen LogP contribution in [0.1, 0.15) is 30.9 Å². The van der Waals surface area contributed by atoms with E-state index in [9.17, 15) is 5.11 Å². The van der Waals surface area contributed by atoms with Crippen molar-refractivity contribution in [3.05, 3.63) is 29.3 Å². The van der Waals surface area contributed by atoms with Crippen LogP contribution in [0.25, 0.3) is 0 Å². The Bertz CT molecular complexity index is 363. The van der Waals surface area contributed by atoms with E-state index in [1.54, 1.807) is 6.92 Å². The SMILES string of the molecule is Cc1ccc(SCCCC(C)(O)CN)c(C)c1. The first-order valence-electron chi connectivity index (χ1n) is 6.07. The van der Waals surface area contributed by atoms with Crippen LogP contribution in [-0.4, -0.2) is 23.0 Å². The van der Waals surface area contributed by atoms with Gasteiger partial charge in [-0.05, 0) is 51.0 Å². The highest BCUT2D eigenvalue weighted by atomic mass is 32.2. The third kappa shape index (κ3) is 5.11. The van der Waals surface area contributed by atoms with E-state index in [0.717, 1.165) is 18.6 Å². The van der Waals surface area contributed by atoms with Crippen molar-refractivity contribution in [3.8, 4) is 0 Å². The van der Waals surface area contributed by atoms with E-state index in [0.29, 0.717) is 6.54 Å². The summed E-state index contributed by atoms with van der Waals surface area (Å²) in [6, 6.07) is 6.53. The summed E-state index contributed by atoms with van der Waals surface area (Å²) >= 11 is 1.85. The van der Waals surface area contributed by atoms with Gasteiger partial charge in [0.15, 0.2) is 0 Å². The Kier molecular flexibility index (Phi) is 5.50. The van der Waals surface area contributed by atoms with Crippen LogP contribution in [0.4, 0.5) is 0 Å². The molecule has 2 nitrogen and oxygen atoms in total. The van der Waals surface area contributed by atoms with Gasteiger partial charge >= 0.3 is 0 Å². The highest BCUT2D eigenvalue weighted by Crippen LogP contribution is 2.25. The lowest BCUT2D eigenvalue weighted by molar-refractivity contribution is 0.0596. The minimum atomic E-state index is -0.705. The number of aryl methyl sites for hydroxylation is 2. The molecule has 0 aromatic heterocycles. The van der Waals surface area contributed by atoms with E-state index in [2.05, 4.69) is 32.0 Å². The first kappa shape index (κ1) is 14.6. The number of nitrogens with two attached hydrogens (primary N) is 1. The Hall–Kier alpha value is -0.510. The van der Waals surface area contributed by atoms with Crippen molar-refractivity contribution in [1.29, 1.82) is 0 Å². The molecule has 96 valence electrons. The van der Waals surface area contributed by atoms with Gasteiger partial charge in [0.25, 0.3) is 0 Å². The fraction of sp³-hybridized carbons (Fsp3) is 0.571. The van der Waals surface area contributed by atoms with E-state index < -0.39 is 5.60 Å². The highest BCUT2D eigenvalue weighted by molar-refractivity contribution is 7.99. The lowest BCUT2D eigenvalue weighted by atomic mass is 10.0. The van der Waals surface area contributed by atoms with Gasteiger partial charge in [-0.25, -0.2) is 0 Å². The number of aliphatic hydroxyl groups is 1. The third-order valence-electron chi connectivity index (χ3n) is 2.89. The van der Waals surface area contributed by atoms with Gasteiger partial charge in [-0.2, -0.15) is 0 Å². The zero-order valence-corrected chi connectivity index (χ0v) is 11.8. The lowest BCUT2D eigenvalue weighted by Crippen LogP contribution is -2.34. The second kappa shape index (κ2) is 6.43. The maximum Gasteiger partial charge on any atom is 0.0741 e. The van der Waals surface area contributed by atoms with Gasteiger partial charge in [-0.3, -0.25) is 0 Å². The first-order valence-corrected chi connectivity index (χ1v) is 7.06. The molecular weight excluding hydrogens is 230 g/mol. The second-order valence-corrected chi connectivity index (χ2v) is 6.06. The second-order valence-electron chi connectivity index (χ2n) is 4.92. The molecule has 1 aromatic rings. The summed E-state index contributed by atoms with van der Waals surface area (Å²) in [6.07, 6.45) is 1.75. The third-order valence-corrected chi connectivity index (χ3v) is 4.15. The standard InChI is InChI=1S/C14H23NOS/c1-11-5-6-13(12(2)9-11)17-8-4-7-14(3,16)10-15/h5-6,9,16H,4,7-8,10,15H2,1-3H3. The molecule has 3 heteroatoms. The topological polar surface area (TPSA) is 46.2 Å². The van der Waals surface area contributed by atoms with Crippen molar-refractivity contribution in [2.24, 2.45) is 5.73 Å². The molecule has 3 N–H and O–H groups in total. The summed E-state index contributed by atoms with van der Waals surface area (Å²) in [7, 11) is 0. The molecule has 0 aliphatic rings. The Labute approximate surface area is 109 Å².